The van der Waals surface area contributed by atoms with Crippen molar-refractivity contribution in [1.82, 2.24) is 0 Å². The van der Waals surface area contributed by atoms with Gasteiger partial charge in [-0.05, 0) is 24.6 Å². The maximum absolute atomic E-state index is 11.2. The second kappa shape index (κ2) is 5.91. The molecule has 0 aromatic rings. The van der Waals surface area contributed by atoms with Crippen LogP contribution in [0, 0.1) is 0 Å². The van der Waals surface area contributed by atoms with Crippen LogP contribution < -0.4 is 0 Å². The molecule has 112 valence electrons. The van der Waals surface area contributed by atoms with Gasteiger partial charge in [0.15, 0.2) is 8.32 Å². The molecule has 0 aromatic heterocycles. The molecule has 0 saturated carbocycles. The Hall–Kier alpha value is -0.433. The normalized spacial score (nSPS) is 24.2. The van der Waals surface area contributed by atoms with Crippen LogP contribution in [0.1, 0.15) is 33.6 Å². The lowest BCUT2D eigenvalue weighted by Crippen LogP contribution is -2.52. The summed E-state index contributed by atoms with van der Waals surface area (Å²) < 4.78 is 11.3. The first kappa shape index (κ1) is 16.6. The zero-order valence-corrected chi connectivity index (χ0v) is 13.5. The predicted octanol–water partition coefficient (Wildman–Crippen LogP) is 1.44. The highest BCUT2D eigenvalue weighted by Crippen LogP contribution is 2.39. The van der Waals surface area contributed by atoms with Crippen molar-refractivity contribution in [2.45, 2.75) is 70.1 Å². The number of aliphatic hydroxyl groups excluding tert-OH is 2. The van der Waals surface area contributed by atoms with Crippen LogP contribution in [0.3, 0.4) is 0 Å². The molecular formula is C13H26O5Si. The molecule has 0 radical (unpaired) electrons. The SMILES string of the molecule is CC(C)(C)[Si](C)(C)O[C@H]([C@H](O)CO)[C@H]1CCC(=O)O1. The first-order valence-electron chi connectivity index (χ1n) is 6.74. The summed E-state index contributed by atoms with van der Waals surface area (Å²) >= 11 is 0. The van der Waals surface area contributed by atoms with Gasteiger partial charge < -0.3 is 19.4 Å². The van der Waals surface area contributed by atoms with E-state index in [0.717, 1.165) is 0 Å². The topological polar surface area (TPSA) is 76.0 Å². The fraction of sp³-hybridized carbons (Fsp3) is 0.923. The quantitative estimate of drug-likeness (QED) is 0.592. The summed E-state index contributed by atoms with van der Waals surface area (Å²) in [5, 5.41) is 19.1. The third kappa shape index (κ3) is 4.01. The summed E-state index contributed by atoms with van der Waals surface area (Å²) in [6.45, 7) is 10.0. The molecule has 1 rings (SSSR count). The van der Waals surface area contributed by atoms with Gasteiger partial charge in [-0.3, -0.25) is 4.79 Å². The Kier molecular flexibility index (Phi) is 5.17. The molecule has 0 spiro atoms. The Labute approximate surface area is 116 Å². The monoisotopic (exact) mass is 290 g/mol. The summed E-state index contributed by atoms with van der Waals surface area (Å²) in [5.74, 6) is -0.265. The molecule has 5 nitrogen and oxygen atoms in total. The molecule has 1 heterocycles. The fourth-order valence-corrected chi connectivity index (χ4v) is 3.14. The maximum Gasteiger partial charge on any atom is 0.306 e. The zero-order valence-electron chi connectivity index (χ0n) is 12.5. The van der Waals surface area contributed by atoms with Crippen LogP contribution in [-0.4, -0.2) is 49.4 Å². The third-order valence-corrected chi connectivity index (χ3v) is 8.56. The zero-order chi connectivity index (χ0) is 14.8. The summed E-state index contributed by atoms with van der Waals surface area (Å²) in [5.41, 5.74) is 0. The standard InChI is InChI=1S/C13H26O5Si/c1-13(2,3)19(4,5)18-12(9(15)8-14)10-6-7-11(16)17-10/h9-10,12,14-15H,6-8H2,1-5H3/t9-,10-,12-/m1/s1. The van der Waals surface area contributed by atoms with E-state index in [2.05, 4.69) is 33.9 Å². The molecule has 19 heavy (non-hydrogen) atoms. The smallest absolute Gasteiger partial charge is 0.306 e. The molecule has 6 heteroatoms. The Balaban J connectivity index is 2.84. The van der Waals surface area contributed by atoms with Crippen LogP contribution in [0.4, 0.5) is 0 Å². The Morgan fingerprint density at radius 1 is 1.47 bits per heavy atom. The molecular weight excluding hydrogens is 264 g/mol. The van der Waals surface area contributed by atoms with E-state index in [0.29, 0.717) is 12.8 Å². The van der Waals surface area contributed by atoms with Crippen molar-refractivity contribution in [3.05, 3.63) is 0 Å². The first-order chi connectivity index (χ1) is 8.58. The molecule has 2 N–H and O–H groups in total. The minimum Gasteiger partial charge on any atom is -0.460 e. The van der Waals surface area contributed by atoms with E-state index in [1.54, 1.807) is 0 Å². The van der Waals surface area contributed by atoms with Crippen molar-refractivity contribution >= 4 is 14.3 Å². The number of cyclic esters (lactones) is 1. The van der Waals surface area contributed by atoms with E-state index in [1.165, 1.54) is 0 Å². The molecule has 0 aromatic carbocycles. The molecule has 1 aliphatic rings. The number of esters is 1. The van der Waals surface area contributed by atoms with Gasteiger partial charge in [-0.15, -0.1) is 0 Å². The van der Waals surface area contributed by atoms with Crippen molar-refractivity contribution in [3.63, 3.8) is 0 Å². The molecule has 0 unspecified atom stereocenters. The minimum absolute atomic E-state index is 0.0109. The average molecular weight is 290 g/mol. The van der Waals surface area contributed by atoms with E-state index < -0.39 is 33.2 Å². The van der Waals surface area contributed by atoms with Gasteiger partial charge in [-0.25, -0.2) is 0 Å². The second-order valence-corrected chi connectivity index (χ2v) is 11.4. The number of carbonyl (C=O) groups is 1. The van der Waals surface area contributed by atoms with Gasteiger partial charge in [0.2, 0.25) is 0 Å². The lowest BCUT2D eigenvalue weighted by molar-refractivity contribution is -0.149. The highest BCUT2D eigenvalue weighted by Gasteiger charge is 2.44. The van der Waals surface area contributed by atoms with Crippen molar-refractivity contribution < 1.29 is 24.2 Å². The van der Waals surface area contributed by atoms with Crippen LogP contribution >= 0.6 is 0 Å². The van der Waals surface area contributed by atoms with Gasteiger partial charge in [0.1, 0.15) is 18.3 Å². The van der Waals surface area contributed by atoms with Crippen molar-refractivity contribution in [1.29, 1.82) is 0 Å². The number of hydrogen-bond donors (Lipinski definition) is 2. The lowest BCUT2D eigenvalue weighted by Gasteiger charge is -2.41. The van der Waals surface area contributed by atoms with Crippen molar-refractivity contribution in [2.24, 2.45) is 0 Å². The Morgan fingerprint density at radius 3 is 2.42 bits per heavy atom. The molecule has 1 saturated heterocycles. The number of ether oxygens (including phenoxy) is 1. The molecule has 1 aliphatic heterocycles. The number of rotatable bonds is 5. The number of hydrogen-bond acceptors (Lipinski definition) is 5. The molecule has 1 fully saturated rings. The highest BCUT2D eigenvalue weighted by molar-refractivity contribution is 6.74. The van der Waals surface area contributed by atoms with Crippen LogP contribution in [0.15, 0.2) is 0 Å². The van der Waals surface area contributed by atoms with Crippen LogP contribution in [0.5, 0.6) is 0 Å². The van der Waals surface area contributed by atoms with Gasteiger partial charge in [0, 0.05) is 6.42 Å². The summed E-state index contributed by atoms with van der Waals surface area (Å²) in [4.78, 5) is 11.2. The van der Waals surface area contributed by atoms with E-state index in [4.69, 9.17) is 9.16 Å². The third-order valence-electron chi connectivity index (χ3n) is 4.09. The summed E-state index contributed by atoms with van der Waals surface area (Å²) in [6, 6.07) is 0. The number of carbonyl (C=O) groups excluding carboxylic acids is 1. The van der Waals surface area contributed by atoms with Gasteiger partial charge >= 0.3 is 5.97 Å². The van der Waals surface area contributed by atoms with Gasteiger partial charge in [0.05, 0.1) is 6.61 Å². The van der Waals surface area contributed by atoms with E-state index in [1.807, 2.05) is 0 Å². The summed E-state index contributed by atoms with van der Waals surface area (Å²) in [7, 11) is -2.10. The minimum atomic E-state index is -2.10. The van der Waals surface area contributed by atoms with Crippen LogP contribution in [0.2, 0.25) is 18.1 Å². The van der Waals surface area contributed by atoms with E-state index in [-0.39, 0.29) is 11.0 Å². The van der Waals surface area contributed by atoms with Crippen LogP contribution in [0.25, 0.3) is 0 Å². The fourth-order valence-electron chi connectivity index (χ4n) is 1.80. The first-order valence-corrected chi connectivity index (χ1v) is 9.65. The lowest BCUT2D eigenvalue weighted by atomic mass is 10.1. The summed E-state index contributed by atoms with van der Waals surface area (Å²) in [6.07, 6.45) is -1.24. The van der Waals surface area contributed by atoms with Gasteiger partial charge in [-0.2, -0.15) is 0 Å². The largest absolute Gasteiger partial charge is 0.460 e. The van der Waals surface area contributed by atoms with Gasteiger partial charge in [0.25, 0.3) is 0 Å². The van der Waals surface area contributed by atoms with E-state index in [9.17, 15) is 15.0 Å². The Morgan fingerprint density at radius 2 is 2.05 bits per heavy atom. The highest BCUT2D eigenvalue weighted by atomic mass is 28.4. The van der Waals surface area contributed by atoms with Gasteiger partial charge in [-0.1, -0.05) is 20.8 Å². The van der Waals surface area contributed by atoms with Crippen LogP contribution in [-0.2, 0) is 14.0 Å². The number of aliphatic hydroxyl groups is 2. The molecule has 0 bridgehead atoms. The van der Waals surface area contributed by atoms with Crippen molar-refractivity contribution in [3.8, 4) is 0 Å². The Bertz CT molecular complexity index is 323. The molecule has 0 aliphatic carbocycles. The maximum atomic E-state index is 11.2. The molecule has 3 atom stereocenters. The second-order valence-electron chi connectivity index (χ2n) is 6.66. The molecule has 0 amide bonds. The predicted molar refractivity (Wildman–Crippen MR) is 74.3 cm³/mol. The van der Waals surface area contributed by atoms with E-state index >= 15 is 0 Å². The average Bonchev–Trinajstić information content (AvgIpc) is 2.70. The van der Waals surface area contributed by atoms with Crippen molar-refractivity contribution in [2.75, 3.05) is 6.61 Å².